The maximum atomic E-state index is 10.2. The third kappa shape index (κ3) is 6.95. The summed E-state index contributed by atoms with van der Waals surface area (Å²) >= 11 is 1.65. The maximum Gasteiger partial charge on any atom is 0.154 e. The first-order chi connectivity index (χ1) is 22.0. The number of phenolic OH excluding ortho intramolecular Hbond substituents is 1. The number of aromatic nitrogens is 5. The van der Waals surface area contributed by atoms with Crippen LogP contribution in [0.5, 0.6) is 11.5 Å². The highest BCUT2D eigenvalue weighted by molar-refractivity contribution is 7.13. The van der Waals surface area contributed by atoms with Crippen LogP contribution in [0.3, 0.4) is 0 Å². The molecule has 3 aromatic carbocycles. The second-order valence-electron chi connectivity index (χ2n) is 10.6. The van der Waals surface area contributed by atoms with E-state index in [-0.39, 0.29) is 5.75 Å². The van der Waals surface area contributed by atoms with E-state index >= 15 is 0 Å². The number of anilines is 2. The third-order valence-electron chi connectivity index (χ3n) is 7.46. The molecule has 0 atom stereocenters. The Hall–Kier alpha value is -5.26. The van der Waals surface area contributed by atoms with Gasteiger partial charge in [-0.3, -0.25) is 4.68 Å². The molecule has 0 saturated carbocycles. The van der Waals surface area contributed by atoms with Gasteiger partial charge in [-0.05, 0) is 66.4 Å². The van der Waals surface area contributed by atoms with E-state index < -0.39 is 0 Å². The number of aromatic hydroxyl groups is 1. The van der Waals surface area contributed by atoms with Crippen molar-refractivity contribution in [3.8, 4) is 44.3 Å². The van der Waals surface area contributed by atoms with Gasteiger partial charge in [-0.2, -0.15) is 5.10 Å². The number of rotatable bonds is 12. The first-order valence-corrected chi connectivity index (χ1v) is 15.5. The molecule has 6 aromatic rings. The summed E-state index contributed by atoms with van der Waals surface area (Å²) in [6.07, 6.45) is 4.51. The number of ether oxygens (including phenoxy) is 1. The molecular weight excluding hydrogens is 584 g/mol. The number of nitrogens with two attached hydrogens (primary N) is 2. The molecule has 3 aromatic heterocycles. The monoisotopic (exact) mass is 618 g/mol. The highest BCUT2D eigenvalue weighted by atomic mass is 32.1. The summed E-state index contributed by atoms with van der Waals surface area (Å²) in [7, 11) is 0. The van der Waals surface area contributed by atoms with Crippen LogP contribution in [0.4, 0.5) is 11.5 Å². The van der Waals surface area contributed by atoms with E-state index in [2.05, 4.69) is 43.8 Å². The minimum absolute atomic E-state index is 0.132. The van der Waals surface area contributed by atoms with Crippen molar-refractivity contribution in [3.05, 3.63) is 108 Å². The molecule has 0 amide bonds. The summed E-state index contributed by atoms with van der Waals surface area (Å²) in [6, 6.07) is 23.2. The second kappa shape index (κ2) is 13.6. The Morgan fingerprint density at radius 2 is 1.82 bits per heavy atom. The molecule has 0 spiro atoms. The summed E-state index contributed by atoms with van der Waals surface area (Å²) in [5.74, 6) is 1.25. The Morgan fingerprint density at radius 1 is 0.978 bits per heavy atom. The van der Waals surface area contributed by atoms with Crippen LogP contribution in [0, 0.1) is 6.92 Å². The lowest BCUT2D eigenvalue weighted by Gasteiger charge is -2.13. The Morgan fingerprint density at radius 3 is 2.60 bits per heavy atom. The average Bonchev–Trinajstić information content (AvgIpc) is 3.71. The van der Waals surface area contributed by atoms with Gasteiger partial charge in [-0.1, -0.05) is 36.4 Å². The van der Waals surface area contributed by atoms with Crippen molar-refractivity contribution in [1.82, 2.24) is 25.0 Å². The number of thiazole rings is 1. The number of aryl methyl sites for hydroxylation is 1. The van der Waals surface area contributed by atoms with E-state index in [0.717, 1.165) is 52.4 Å². The number of nitrogens with one attached hydrogen (secondary N) is 1. The lowest BCUT2D eigenvalue weighted by atomic mass is 10.1. The van der Waals surface area contributed by atoms with Gasteiger partial charge in [-0.15, -0.1) is 21.5 Å². The van der Waals surface area contributed by atoms with E-state index in [4.69, 9.17) is 16.2 Å². The zero-order chi connectivity index (χ0) is 31.2. The number of phenols is 1. The summed E-state index contributed by atoms with van der Waals surface area (Å²) in [5, 5.41) is 26.5. The van der Waals surface area contributed by atoms with Gasteiger partial charge in [0.1, 0.15) is 11.5 Å². The molecule has 6 rings (SSSR count). The zero-order valence-electron chi connectivity index (χ0n) is 24.9. The Labute approximate surface area is 265 Å². The first kappa shape index (κ1) is 29.8. The number of hydrogen-bond donors (Lipinski definition) is 4. The number of benzene rings is 3. The topological polar surface area (TPSA) is 150 Å². The smallest absolute Gasteiger partial charge is 0.154 e. The molecule has 0 unspecified atom stereocenters. The Balaban J connectivity index is 1.01. The average molecular weight is 619 g/mol. The van der Waals surface area contributed by atoms with Crippen LogP contribution in [-0.4, -0.2) is 43.2 Å². The van der Waals surface area contributed by atoms with Crippen molar-refractivity contribution in [2.45, 2.75) is 26.4 Å². The second-order valence-corrected chi connectivity index (χ2v) is 11.4. The van der Waals surface area contributed by atoms with Gasteiger partial charge >= 0.3 is 0 Å². The number of nitrogens with zero attached hydrogens (tertiary/aromatic N) is 5. The van der Waals surface area contributed by atoms with Gasteiger partial charge in [0.25, 0.3) is 0 Å². The molecule has 10 nitrogen and oxygen atoms in total. The Bertz CT molecular complexity index is 1900. The summed E-state index contributed by atoms with van der Waals surface area (Å²) in [6.45, 7) is 4.44. The number of para-hydroxylation sites is 1. The highest BCUT2D eigenvalue weighted by Gasteiger charge is 2.13. The van der Waals surface area contributed by atoms with Crippen LogP contribution < -0.4 is 21.5 Å². The predicted octanol–water partition coefficient (Wildman–Crippen LogP) is 6.11. The van der Waals surface area contributed by atoms with Crippen molar-refractivity contribution in [3.63, 3.8) is 0 Å². The minimum atomic E-state index is 0.132. The van der Waals surface area contributed by atoms with Gasteiger partial charge in [0.05, 0.1) is 41.1 Å². The molecule has 0 saturated heterocycles. The van der Waals surface area contributed by atoms with Gasteiger partial charge in [0, 0.05) is 41.7 Å². The molecule has 11 heteroatoms. The van der Waals surface area contributed by atoms with E-state index in [9.17, 15) is 5.11 Å². The number of hydrogen-bond acceptors (Lipinski definition) is 10. The largest absolute Gasteiger partial charge is 0.507 e. The van der Waals surface area contributed by atoms with Crippen molar-refractivity contribution in [2.75, 3.05) is 24.2 Å². The molecule has 0 aliphatic carbocycles. The maximum absolute atomic E-state index is 10.2. The molecule has 228 valence electrons. The number of nitrogen functional groups attached to an aromatic ring is 1. The van der Waals surface area contributed by atoms with Crippen molar-refractivity contribution >= 4 is 22.8 Å². The highest BCUT2D eigenvalue weighted by Crippen LogP contribution is 2.33. The van der Waals surface area contributed by atoms with E-state index in [1.807, 2.05) is 59.7 Å². The normalized spacial score (nSPS) is 11.1. The quantitative estimate of drug-likeness (QED) is 0.119. The lowest BCUT2D eigenvalue weighted by Crippen LogP contribution is -2.10. The van der Waals surface area contributed by atoms with Gasteiger partial charge in [0.15, 0.2) is 5.82 Å². The molecule has 0 aliphatic rings. The van der Waals surface area contributed by atoms with Crippen LogP contribution in [0.25, 0.3) is 32.8 Å². The van der Waals surface area contributed by atoms with Gasteiger partial charge in [0.2, 0.25) is 0 Å². The fourth-order valence-electron chi connectivity index (χ4n) is 5.05. The zero-order valence-corrected chi connectivity index (χ0v) is 25.7. The molecular formula is C34H34N8O2S. The summed E-state index contributed by atoms with van der Waals surface area (Å²) < 4.78 is 7.84. The minimum Gasteiger partial charge on any atom is -0.507 e. The fourth-order valence-corrected chi connectivity index (χ4v) is 5.85. The van der Waals surface area contributed by atoms with Crippen LogP contribution in [0.2, 0.25) is 0 Å². The summed E-state index contributed by atoms with van der Waals surface area (Å²) in [5.41, 5.74) is 22.0. The van der Waals surface area contributed by atoms with E-state index in [1.54, 1.807) is 35.7 Å². The van der Waals surface area contributed by atoms with Crippen molar-refractivity contribution < 1.29 is 9.84 Å². The van der Waals surface area contributed by atoms with Crippen LogP contribution >= 0.6 is 11.3 Å². The molecule has 45 heavy (non-hydrogen) atoms. The van der Waals surface area contributed by atoms with Crippen molar-refractivity contribution in [1.29, 1.82) is 0 Å². The molecule has 0 radical (unpaired) electrons. The van der Waals surface area contributed by atoms with Crippen LogP contribution in [0.1, 0.15) is 23.2 Å². The molecule has 0 fully saturated rings. The standard InChI is InChI=1S/C34H34N8O2S/c1-22-33(45-21-38-22)24-9-10-25(17-35)30(15-24)37-13-4-14-44-27-11-7-23(8-12-27)19-42-20-26(18-39-42)29-16-31(40-41-34(29)36)28-5-2-3-6-32(28)43/h2-3,5-12,15-16,18,20-21,37,43H,4,13-14,17,19,35H2,1H3,(H2,36,41). The van der Waals surface area contributed by atoms with Gasteiger partial charge < -0.3 is 26.6 Å². The van der Waals surface area contributed by atoms with E-state index in [0.29, 0.717) is 42.3 Å². The summed E-state index contributed by atoms with van der Waals surface area (Å²) in [4.78, 5) is 5.55. The predicted molar refractivity (Wildman–Crippen MR) is 179 cm³/mol. The molecule has 6 N–H and O–H groups in total. The molecule has 0 aliphatic heterocycles. The van der Waals surface area contributed by atoms with Crippen LogP contribution in [0.15, 0.2) is 90.7 Å². The van der Waals surface area contributed by atoms with Gasteiger partial charge in [-0.25, -0.2) is 4.98 Å². The molecule has 3 heterocycles. The van der Waals surface area contributed by atoms with E-state index in [1.165, 1.54) is 4.88 Å². The molecule has 0 bridgehead atoms. The lowest BCUT2D eigenvalue weighted by molar-refractivity contribution is 0.315. The Kier molecular flexibility index (Phi) is 8.99. The van der Waals surface area contributed by atoms with Crippen molar-refractivity contribution in [2.24, 2.45) is 5.73 Å². The fraction of sp³-hybridized carbons (Fsp3) is 0.176. The SMILES string of the molecule is Cc1ncsc1-c1ccc(CN)c(NCCCOc2ccc(Cn3cc(-c4cc(-c5ccccc5O)nnc4N)cn3)cc2)c1. The first-order valence-electron chi connectivity index (χ1n) is 14.6. The third-order valence-corrected chi connectivity index (χ3v) is 8.44. The van der Waals surface area contributed by atoms with Crippen LogP contribution in [-0.2, 0) is 13.1 Å².